The van der Waals surface area contributed by atoms with E-state index in [1.807, 2.05) is 4.90 Å². The Hall–Kier alpha value is -2.42. The molecule has 1 aliphatic heterocycles. The molecule has 2 amide bonds. The lowest BCUT2D eigenvalue weighted by atomic mass is 10.2. The molecule has 8 nitrogen and oxygen atoms in total. The van der Waals surface area contributed by atoms with Crippen LogP contribution in [0.3, 0.4) is 0 Å². The average Bonchev–Trinajstić information content (AvgIpc) is 2.67. The smallest absolute Gasteiger partial charge is 0.290 e. The normalized spacial score (nSPS) is 14.0. The Labute approximate surface area is 159 Å². The first-order chi connectivity index (χ1) is 12.5. The third-order valence-corrected chi connectivity index (χ3v) is 4.13. The fourth-order valence-electron chi connectivity index (χ4n) is 2.31. The number of anilines is 1. The maximum Gasteiger partial charge on any atom is 0.290 e. The van der Waals surface area contributed by atoms with Gasteiger partial charge in [-0.15, -0.1) is 0 Å². The molecule has 0 atom stereocenters. The molecule has 0 bridgehead atoms. The number of carbonyl (C=O) groups is 2. The van der Waals surface area contributed by atoms with Crippen molar-refractivity contribution < 1.29 is 14.3 Å². The van der Waals surface area contributed by atoms with Gasteiger partial charge in [0.2, 0.25) is 5.95 Å². The van der Waals surface area contributed by atoms with E-state index in [4.69, 9.17) is 27.9 Å². The van der Waals surface area contributed by atoms with Gasteiger partial charge in [-0.3, -0.25) is 20.4 Å². The Bertz CT molecular complexity index is 827. The topological polar surface area (TPSA) is 96.5 Å². The molecule has 0 unspecified atom stereocenters. The van der Waals surface area contributed by atoms with Crippen LogP contribution in [-0.2, 0) is 4.74 Å². The predicted octanol–water partition coefficient (Wildman–Crippen LogP) is 1.69. The highest BCUT2D eigenvalue weighted by Crippen LogP contribution is 2.17. The van der Waals surface area contributed by atoms with Crippen molar-refractivity contribution in [3.05, 3.63) is 51.8 Å². The van der Waals surface area contributed by atoms with Crippen LogP contribution in [-0.4, -0.2) is 48.1 Å². The molecule has 26 heavy (non-hydrogen) atoms. The second-order valence-electron chi connectivity index (χ2n) is 5.38. The first-order valence-corrected chi connectivity index (χ1v) is 8.51. The van der Waals surface area contributed by atoms with Crippen LogP contribution in [0.15, 0.2) is 30.5 Å². The fourth-order valence-corrected chi connectivity index (χ4v) is 2.67. The Balaban J connectivity index is 1.68. The highest BCUT2D eigenvalue weighted by atomic mass is 35.5. The molecule has 2 heterocycles. The van der Waals surface area contributed by atoms with Gasteiger partial charge in [-0.25, -0.2) is 9.97 Å². The summed E-state index contributed by atoms with van der Waals surface area (Å²) >= 11 is 11.9. The summed E-state index contributed by atoms with van der Waals surface area (Å²) in [4.78, 5) is 34.6. The molecule has 0 saturated carbocycles. The molecule has 1 aromatic heterocycles. The van der Waals surface area contributed by atoms with E-state index < -0.39 is 11.8 Å². The van der Waals surface area contributed by atoms with E-state index in [-0.39, 0.29) is 10.7 Å². The van der Waals surface area contributed by atoms with Gasteiger partial charge in [0, 0.05) is 23.7 Å². The first kappa shape index (κ1) is 18.4. The standard InChI is InChI=1S/C16H15Cl2N5O3/c17-11-3-1-2-10(8-11)14(24)21-22-15(25)13-12(18)9-19-16(20-13)23-4-6-26-7-5-23/h1-3,8-9H,4-7H2,(H,21,24)(H,22,25). The maximum atomic E-state index is 12.3. The van der Waals surface area contributed by atoms with Gasteiger partial charge >= 0.3 is 0 Å². The Morgan fingerprint density at radius 3 is 2.58 bits per heavy atom. The number of hydrogen-bond donors (Lipinski definition) is 2. The molecule has 2 N–H and O–H groups in total. The van der Waals surface area contributed by atoms with Crippen molar-refractivity contribution >= 4 is 41.0 Å². The third kappa shape index (κ3) is 4.40. The number of carbonyl (C=O) groups excluding carboxylic acids is 2. The van der Waals surface area contributed by atoms with E-state index in [2.05, 4.69) is 20.8 Å². The van der Waals surface area contributed by atoms with E-state index >= 15 is 0 Å². The van der Waals surface area contributed by atoms with Crippen LogP contribution in [0.1, 0.15) is 20.8 Å². The largest absolute Gasteiger partial charge is 0.378 e. The molecule has 3 rings (SSSR count). The summed E-state index contributed by atoms with van der Waals surface area (Å²) in [6.45, 7) is 2.36. The van der Waals surface area contributed by atoms with Crippen molar-refractivity contribution in [3.63, 3.8) is 0 Å². The number of hydrogen-bond acceptors (Lipinski definition) is 6. The summed E-state index contributed by atoms with van der Waals surface area (Å²) in [5.74, 6) is -0.786. The Morgan fingerprint density at radius 1 is 1.12 bits per heavy atom. The molecule has 0 spiro atoms. The van der Waals surface area contributed by atoms with E-state index in [1.54, 1.807) is 18.2 Å². The Morgan fingerprint density at radius 2 is 1.85 bits per heavy atom. The van der Waals surface area contributed by atoms with E-state index in [0.29, 0.717) is 42.8 Å². The van der Waals surface area contributed by atoms with Gasteiger partial charge in [0.25, 0.3) is 11.8 Å². The maximum absolute atomic E-state index is 12.3. The molecule has 0 radical (unpaired) electrons. The zero-order chi connectivity index (χ0) is 18.5. The number of halogens is 2. The second kappa shape index (κ2) is 8.31. The van der Waals surface area contributed by atoms with Crippen LogP contribution in [0.2, 0.25) is 10.0 Å². The molecule has 1 aromatic carbocycles. The highest BCUT2D eigenvalue weighted by molar-refractivity contribution is 6.33. The minimum absolute atomic E-state index is 0.0328. The highest BCUT2D eigenvalue weighted by Gasteiger charge is 2.19. The number of amides is 2. The summed E-state index contributed by atoms with van der Waals surface area (Å²) in [6.07, 6.45) is 1.35. The van der Waals surface area contributed by atoms with Gasteiger partial charge < -0.3 is 9.64 Å². The number of nitrogens with zero attached hydrogens (tertiary/aromatic N) is 3. The first-order valence-electron chi connectivity index (χ1n) is 7.76. The van der Waals surface area contributed by atoms with Gasteiger partial charge in [-0.05, 0) is 18.2 Å². The quantitative estimate of drug-likeness (QED) is 0.767. The van der Waals surface area contributed by atoms with Crippen LogP contribution in [0, 0.1) is 0 Å². The Kier molecular flexibility index (Phi) is 5.87. The van der Waals surface area contributed by atoms with Crippen molar-refractivity contribution in [2.75, 3.05) is 31.2 Å². The molecule has 1 saturated heterocycles. The zero-order valence-corrected chi connectivity index (χ0v) is 15.0. The summed E-state index contributed by atoms with van der Waals surface area (Å²) in [6, 6.07) is 6.33. The van der Waals surface area contributed by atoms with Gasteiger partial charge in [-0.2, -0.15) is 0 Å². The summed E-state index contributed by atoms with van der Waals surface area (Å²) < 4.78 is 5.28. The molecule has 10 heteroatoms. The summed E-state index contributed by atoms with van der Waals surface area (Å²) in [7, 11) is 0. The van der Waals surface area contributed by atoms with E-state index in [1.165, 1.54) is 12.3 Å². The summed E-state index contributed by atoms with van der Waals surface area (Å²) in [5.41, 5.74) is 4.86. The second-order valence-corrected chi connectivity index (χ2v) is 6.23. The van der Waals surface area contributed by atoms with Crippen LogP contribution in [0.4, 0.5) is 5.95 Å². The average molecular weight is 396 g/mol. The van der Waals surface area contributed by atoms with Crippen LogP contribution < -0.4 is 15.8 Å². The van der Waals surface area contributed by atoms with Crippen LogP contribution >= 0.6 is 23.2 Å². The van der Waals surface area contributed by atoms with Gasteiger partial charge in [-0.1, -0.05) is 29.3 Å². The lowest BCUT2D eigenvalue weighted by molar-refractivity contribution is 0.0844. The molecule has 1 aliphatic rings. The van der Waals surface area contributed by atoms with Crippen molar-refractivity contribution in [2.45, 2.75) is 0 Å². The molecular formula is C16H15Cl2N5O3. The SMILES string of the molecule is O=C(NNC(=O)c1nc(N2CCOCC2)ncc1Cl)c1cccc(Cl)c1. The molecular weight excluding hydrogens is 381 g/mol. The summed E-state index contributed by atoms with van der Waals surface area (Å²) in [5, 5.41) is 0.495. The predicted molar refractivity (Wildman–Crippen MR) is 96.5 cm³/mol. The number of nitrogens with one attached hydrogen (secondary N) is 2. The number of rotatable bonds is 3. The molecule has 1 fully saturated rings. The van der Waals surface area contributed by atoms with Crippen molar-refractivity contribution in [1.29, 1.82) is 0 Å². The minimum Gasteiger partial charge on any atom is -0.378 e. The lowest BCUT2D eigenvalue weighted by Gasteiger charge is -2.26. The number of aromatic nitrogens is 2. The molecule has 0 aliphatic carbocycles. The van der Waals surface area contributed by atoms with Crippen molar-refractivity contribution in [3.8, 4) is 0 Å². The fraction of sp³-hybridized carbons (Fsp3) is 0.250. The van der Waals surface area contributed by atoms with Gasteiger partial charge in [0.1, 0.15) is 0 Å². The van der Waals surface area contributed by atoms with Gasteiger partial charge in [0.05, 0.1) is 24.4 Å². The van der Waals surface area contributed by atoms with Crippen molar-refractivity contribution in [1.82, 2.24) is 20.8 Å². The monoisotopic (exact) mass is 395 g/mol. The van der Waals surface area contributed by atoms with Crippen LogP contribution in [0.5, 0.6) is 0 Å². The molecule has 2 aromatic rings. The lowest BCUT2D eigenvalue weighted by Crippen LogP contribution is -2.42. The third-order valence-electron chi connectivity index (χ3n) is 3.62. The van der Waals surface area contributed by atoms with Gasteiger partial charge in [0.15, 0.2) is 5.69 Å². The number of ether oxygens (including phenoxy) is 1. The van der Waals surface area contributed by atoms with E-state index in [9.17, 15) is 9.59 Å². The van der Waals surface area contributed by atoms with Crippen LogP contribution in [0.25, 0.3) is 0 Å². The van der Waals surface area contributed by atoms with E-state index in [0.717, 1.165) is 0 Å². The molecule has 136 valence electrons. The minimum atomic E-state index is -0.651. The van der Waals surface area contributed by atoms with Crippen molar-refractivity contribution in [2.24, 2.45) is 0 Å². The number of morpholine rings is 1. The number of benzene rings is 1. The number of hydrazine groups is 1. The zero-order valence-electron chi connectivity index (χ0n) is 13.5.